The first-order chi connectivity index (χ1) is 17.0. The molecule has 7 nitrogen and oxygen atoms in total. The molecule has 1 unspecified atom stereocenters. The molecule has 3 heterocycles. The summed E-state index contributed by atoms with van der Waals surface area (Å²) in [7, 11) is 1.72. The van der Waals surface area contributed by atoms with E-state index in [0.717, 1.165) is 51.7 Å². The van der Waals surface area contributed by atoms with Crippen LogP contribution in [-0.4, -0.2) is 61.6 Å². The van der Waals surface area contributed by atoms with Crippen LogP contribution in [0.25, 0.3) is 11.1 Å². The molecule has 4 rings (SSSR count). The lowest BCUT2D eigenvalue weighted by Crippen LogP contribution is -2.42. The van der Waals surface area contributed by atoms with Gasteiger partial charge in [0.05, 0.1) is 18.5 Å². The van der Waals surface area contributed by atoms with Gasteiger partial charge in [0.15, 0.2) is 0 Å². The van der Waals surface area contributed by atoms with E-state index in [0.29, 0.717) is 48.1 Å². The highest BCUT2D eigenvalue weighted by Gasteiger charge is 2.23. The topological polar surface area (TPSA) is 80.3 Å². The molecule has 0 aromatic carbocycles. The molecule has 0 amide bonds. The maximum absolute atomic E-state index is 14.7. The third kappa shape index (κ3) is 7.32. The van der Waals surface area contributed by atoms with Gasteiger partial charge in [0.25, 0.3) is 0 Å². The van der Waals surface area contributed by atoms with E-state index in [1.807, 2.05) is 0 Å². The summed E-state index contributed by atoms with van der Waals surface area (Å²) in [5.74, 6) is -0.00136. The minimum atomic E-state index is -0.584. The van der Waals surface area contributed by atoms with Crippen LogP contribution in [0.5, 0.6) is 0 Å². The largest absolute Gasteiger partial charge is 0.383 e. The van der Waals surface area contributed by atoms with Crippen LogP contribution in [0.15, 0.2) is 24.5 Å². The van der Waals surface area contributed by atoms with Gasteiger partial charge in [-0.25, -0.2) is 14.4 Å². The molecule has 1 saturated carbocycles. The zero-order valence-corrected chi connectivity index (χ0v) is 20.7. The van der Waals surface area contributed by atoms with Gasteiger partial charge in [0.1, 0.15) is 11.6 Å². The van der Waals surface area contributed by atoms with E-state index in [1.54, 1.807) is 19.2 Å². The molecule has 1 aliphatic heterocycles. The molecule has 2 fully saturated rings. The number of pyridine rings is 2. The Kier molecular flexibility index (Phi) is 9.23. The van der Waals surface area contributed by atoms with Gasteiger partial charge >= 0.3 is 0 Å². The standard InChI is InChI=1S/C26H37F2N5O2/c1-17(16-34-2)32-20-3-5-21(6-4-20)33-25-12-22(23(27)15-30-25)19-11-24(26(28)31-14-19)29-13-18-7-9-35-10-8-18/h11-12,14-15,17-18,20-21,29,32H,3-10,13,16H2,1-2H3,(H,30,33). The monoisotopic (exact) mass is 489 g/mol. The van der Waals surface area contributed by atoms with Crippen LogP contribution in [0.3, 0.4) is 0 Å². The maximum Gasteiger partial charge on any atom is 0.236 e. The highest BCUT2D eigenvalue weighted by Crippen LogP contribution is 2.29. The first kappa shape index (κ1) is 25.7. The zero-order valence-electron chi connectivity index (χ0n) is 20.7. The minimum Gasteiger partial charge on any atom is -0.383 e. The Labute approximate surface area is 206 Å². The van der Waals surface area contributed by atoms with Crippen molar-refractivity contribution in [3.8, 4) is 11.1 Å². The molecule has 35 heavy (non-hydrogen) atoms. The van der Waals surface area contributed by atoms with Crippen molar-refractivity contribution in [3.63, 3.8) is 0 Å². The quantitative estimate of drug-likeness (QED) is 0.421. The van der Waals surface area contributed by atoms with E-state index >= 15 is 0 Å². The first-order valence-corrected chi connectivity index (χ1v) is 12.7. The van der Waals surface area contributed by atoms with Crippen LogP contribution in [0, 0.1) is 17.7 Å². The number of ether oxygens (including phenoxy) is 2. The molecule has 2 aromatic rings. The molecule has 1 aliphatic carbocycles. The van der Waals surface area contributed by atoms with Crippen molar-refractivity contribution in [2.45, 2.75) is 63.6 Å². The number of hydrogen-bond donors (Lipinski definition) is 3. The molecule has 9 heteroatoms. The van der Waals surface area contributed by atoms with Crippen LogP contribution in [0.2, 0.25) is 0 Å². The molecule has 2 aromatic heterocycles. The van der Waals surface area contributed by atoms with Crippen molar-refractivity contribution in [1.82, 2.24) is 15.3 Å². The fraction of sp³-hybridized carbons (Fsp3) is 0.615. The number of methoxy groups -OCH3 is 1. The van der Waals surface area contributed by atoms with Gasteiger partial charge in [-0.15, -0.1) is 0 Å². The van der Waals surface area contributed by atoms with Gasteiger partial charge in [-0.05, 0) is 63.5 Å². The average Bonchev–Trinajstić information content (AvgIpc) is 2.87. The molecule has 0 radical (unpaired) electrons. The van der Waals surface area contributed by atoms with Crippen molar-refractivity contribution < 1.29 is 18.3 Å². The molecular formula is C26H37F2N5O2. The van der Waals surface area contributed by atoms with E-state index in [4.69, 9.17) is 9.47 Å². The molecule has 192 valence electrons. The van der Waals surface area contributed by atoms with Crippen LogP contribution in [-0.2, 0) is 9.47 Å². The number of anilines is 2. The van der Waals surface area contributed by atoms with Crippen molar-refractivity contribution in [3.05, 3.63) is 36.3 Å². The van der Waals surface area contributed by atoms with Crippen LogP contribution in [0.1, 0.15) is 45.4 Å². The van der Waals surface area contributed by atoms with Gasteiger partial charge in [-0.3, -0.25) is 0 Å². The van der Waals surface area contributed by atoms with Crippen LogP contribution < -0.4 is 16.0 Å². The third-order valence-corrected chi connectivity index (χ3v) is 6.94. The SMILES string of the molecule is COCC(C)NC1CCC(Nc2cc(-c3cnc(F)c(NCC4CCOCC4)c3)c(F)cn2)CC1. The summed E-state index contributed by atoms with van der Waals surface area (Å²) in [6.07, 6.45) is 8.60. The van der Waals surface area contributed by atoms with Crippen LogP contribution in [0.4, 0.5) is 20.3 Å². The van der Waals surface area contributed by atoms with Gasteiger partial charge in [-0.2, -0.15) is 4.39 Å². The van der Waals surface area contributed by atoms with Crippen molar-refractivity contribution >= 4 is 11.5 Å². The highest BCUT2D eigenvalue weighted by molar-refractivity contribution is 5.69. The summed E-state index contributed by atoms with van der Waals surface area (Å²) < 4.78 is 39.7. The van der Waals surface area contributed by atoms with Gasteiger partial charge in [0, 0.05) is 62.3 Å². The summed E-state index contributed by atoms with van der Waals surface area (Å²) in [6, 6.07) is 4.41. The van der Waals surface area contributed by atoms with Crippen molar-refractivity contribution in [2.24, 2.45) is 5.92 Å². The molecular weight excluding hydrogens is 452 g/mol. The lowest BCUT2D eigenvalue weighted by Gasteiger charge is -2.31. The van der Waals surface area contributed by atoms with E-state index in [-0.39, 0.29) is 11.7 Å². The van der Waals surface area contributed by atoms with E-state index in [1.165, 1.54) is 12.4 Å². The number of rotatable bonds is 10. The van der Waals surface area contributed by atoms with Crippen molar-refractivity contribution in [1.29, 1.82) is 0 Å². The smallest absolute Gasteiger partial charge is 0.236 e. The normalized spacial score (nSPS) is 22.1. The lowest BCUT2D eigenvalue weighted by atomic mass is 9.90. The summed E-state index contributed by atoms with van der Waals surface area (Å²) in [5.41, 5.74) is 1.16. The summed E-state index contributed by atoms with van der Waals surface area (Å²) >= 11 is 0. The van der Waals surface area contributed by atoms with E-state index < -0.39 is 11.8 Å². The predicted molar refractivity (Wildman–Crippen MR) is 134 cm³/mol. The Morgan fingerprint density at radius 3 is 2.51 bits per heavy atom. The maximum atomic E-state index is 14.7. The van der Waals surface area contributed by atoms with Crippen LogP contribution >= 0.6 is 0 Å². The summed E-state index contributed by atoms with van der Waals surface area (Å²) in [6.45, 7) is 4.94. The Hall–Kier alpha value is -2.36. The molecule has 1 saturated heterocycles. The molecule has 2 aliphatic rings. The zero-order chi connectivity index (χ0) is 24.6. The highest BCUT2D eigenvalue weighted by atomic mass is 19.1. The molecule has 0 spiro atoms. The Bertz CT molecular complexity index is 949. The number of nitrogens with one attached hydrogen (secondary N) is 3. The molecule has 0 bridgehead atoms. The average molecular weight is 490 g/mol. The number of nitrogens with zero attached hydrogens (tertiary/aromatic N) is 2. The lowest BCUT2D eigenvalue weighted by molar-refractivity contribution is 0.0699. The first-order valence-electron chi connectivity index (χ1n) is 12.7. The Morgan fingerprint density at radius 1 is 1.03 bits per heavy atom. The third-order valence-electron chi connectivity index (χ3n) is 6.94. The second-order valence-electron chi connectivity index (χ2n) is 9.76. The molecule has 3 N–H and O–H groups in total. The van der Waals surface area contributed by atoms with Gasteiger partial charge in [-0.1, -0.05) is 0 Å². The Balaban J connectivity index is 1.37. The van der Waals surface area contributed by atoms with Gasteiger partial charge in [0.2, 0.25) is 5.95 Å². The number of halogens is 2. The number of hydrogen-bond acceptors (Lipinski definition) is 7. The summed E-state index contributed by atoms with van der Waals surface area (Å²) in [4.78, 5) is 8.12. The number of aromatic nitrogens is 2. The fourth-order valence-corrected chi connectivity index (χ4v) is 4.98. The fourth-order valence-electron chi connectivity index (χ4n) is 4.98. The van der Waals surface area contributed by atoms with E-state index in [2.05, 4.69) is 32.8 Å². The predicted octanol–water partition coefficient (Wildman–Crippen LogP) is 4.61. The van der Waals surface area contributed by atoms with Crippen molar-refractivity contribution in [2.75, 3.05) is 44.1 Å². The Morgan fingerprint density at radius 2 is 1.77 bits per heavy atom. The minimum absolute atomic E-state index is 0.277. The summed E-state index contributed by atoms with van der Waals surface area (Å²) in [5, 5.41) is 10.2. The molecule has 1 atom stereocenters. The second-order valence-corrected chi connectivity index (χ2v) is 9.76. The second kappa shape index (κ2) is 12.6. The van der Waals surface area contributed by atoms with Gasteiger partial charge < -0.3 is 25.4 Å². The van der Waals surface area contributed by atoms with E-state index in [9.17, 15) is 8.78 Å².